The Morgan fingerprint density at radius 1 is 1.06 bits per heavy atom. The van der Waals surface area contributed by atoms with Crippen LogP contribution < -0.4 is 10.2 Å². The van der Waals surface area contributed by atoms with Crippen LogP contribution in [0.3, 0.4) is 0 Å². The van der Waals surface area contributed by atoms with E-state index in [4.69, 9.17) is 23.2 Å². The minimum atomic E-state index is 0.582. The molecule has 0 radical (unpaired) electrons. The van der Waals surface area contributed by atoms with Crippen molar-refractivity contribution in [1.82, 2.24) is 5.32 Å². The Balaban J connectivity index is 1.74. The minimum absolute atomic E-state index is 0.582. The largest absolute Gasteiger partial charge is 0.368 e. The Morgan fingerprint density at radius 3 is 2.44 bits per heavy atom. The van der Waals surface area contributed by atoms with Crippen LogP contribution in [0.4, 0.5) is 5.69 Å². The van der Waals surface area contributed by atoms with Gasteiger partial charge in [0.2, 0.25) is 0 Å². The first-order valence-corrected chi connectivity index (χ1v) is 7.44. The van der Waals surface area contributed by atoms with Crippen molar-refractivity contribution < 1.29 is 0 Å². The first-order valence-electron chi connectivity index (χ1n) is 6.69. The fraction of sp³-hybridized carbons (Fsp3) is 0.571. The quantitative estimate of drug-likeness (QED) is 0.910. The molecule has 18 heavy (non-hydrogen) atoms. The third-order valence-electron chi connectivity index (χ3n) is 3.72. The molecule has 2 nitrogen and oxygen atoms in total. The Bertz CT molecular complexity index is 412. The van der Waals surface area contributed by atoms with Gasteiger partial charge in [0.15, 0.2) is 0 Å². The highest BCUT2D eigenvalue weighted by Crippen LogP contribution is 2.35. The predicted molar refractivity (Wildman–Crippen MR) is 77.9 cm³/mol. The Hall–Kier alpha value is -0.440. The van der Waals surface area contributed by atoms with Crippen LogP contribution in [0.5, 0.6) is 0 Å². The SMILES string of the molecule is Clc1cccc(Cl)c1N1CCCC(NC2CC2)C1. The zero-order valence-corrected chi connectivity index (χ0v) is 11.8. The molecule has 1 aromatic rings. The number of piperidine rings is 1. The molecular formula is C14H18Cl2N2. The van der Waals surface area contributed by atoms with Crippen molar-refractivity contribution in [3.8, 4) is 0 Å². The summed E-state index contributed by atoms with van der Waals surface area (Å²) in [5.74, 6) is 0. The molecule has 1 unspecified atom stereocenters. The first kappa shape index (κ1) is 12.6. The normalized spacial score (nSPS) is 24.3. The van der Waals surface area contributed by atoms with Gasteiger partial charge >= 0.3 is 0 Å². The number of rotatable bonds is 3. The molecule has 1 saturated carbocycles. The average Bonchev–Trinajstić information content (AvgIpc) is 3.13. The molecule has 1 saturated heterocycles. The molecule has 1 aliphatic heterocycles. The lowest BCUT2D eigenvalue weighted by Crippen LogP contribution is -2.46. The van der Waals surface area contributed by atoms with Crippen LogP contribution in [-0.2, 0) is 0 Å². The number of benzene rings is 1. The maximum atomic E-state index is 6.28. The van der Waals surface area contributed by atoms with Crippen molar-refractivity contribution in [3.63, 3.8) is 0 Å². The average molecular weight is 285 g/mol. The number of hydrogen-bond acceptors (Lipinski definition) is 2. The molecule has 0 spiro atoms. The summed E-state index contributed by atoms with van der Waals surface area (Å²) in [7, 11) is 0. The van der Waals surface area contributed by atoms with Crippen LogP contribution in [-0.4, -0.2) is 25.2 Å². The predicted octanol–water partition coefficient (Wildman–Crippen LogP) is 3.71. The zero-order chi connectivity index (χ0) is 12.5. The molecule has 0 amide bonds. The molecule has 2 aliphatic rings. The van der Waals surface area contributed by atoms with E-state index < -0.39 is 0 Å². The third kappa shape index (κ3) is 2.76. The van der Waals surface area contributed by atoms with E-state index in [2.05, 4.69) is 10.2 Å². The van der Waals surface area contributed by atoms with Gasteiger partial charge < -0.3 is 10.2 Å². The number of anilines is 1. The number of halogens is 2. The van der Waals surface area contributed by atoms with E-state index in [0.717, 1.165) is 34.9 Å². The zero-order valence-electron chi connectivity index (χ0n) is 10.3. The van der Waals surface area contributed by atoms with Gasteiger partial charge in [-0.25, -0.2) is 0 Å². The molecular weight excluding hydrogens is 267 g/mol. The van der Waals surface area contributed by atoms with Crippen LogP contribution in [0, 0.1) is 0 Å². The van der Waals surface area contributed by atoms with Crippen molar-refractivity contribution >= 4 is 28.9 Å². The second-order valence-corrected chi connectivity index (χ2v) is 6.11. The summed E-state index contributed by atoms with van der Waals surface area (Å²) in [6.07, 6.45) is 5.13. The van der Waals surface area contributed by atoms with Crippen LogP contribution in [0.25, 0.3) is 0 Å². The minimum Gasteiger partial charge on any atom is -0.368 e. The fourth-order valence-electron chi connectivity index (χ4n) is 2.69. The molecule has 3 rings (SSSR count). The standard InChI is InChI=1S/C14H18Cl2N2/c15-12-4-1-5-13(16)14(12)18-8-2-3-11(9-18)17-10-6-7-10/h1,4-5,10-11,17H,2-3,6-9H2. The first-order chi connectivity index (χ1) is 8.74. The number of nitrogens with zero attached hydrogens (tertiary/aromatic N) is 1. The number of hydrogen-bond donors (Lipinski definition) is 1. The molecule has 1 aromatic carbocycles. The molecule has 0 aromatic heterocycles. The van der Waals surface area contributed by atoms with Crippen LogP contribution in [0.15, 0.2) is 18.2 Å². The molecule has 2 fully saturated rings. The Kier molecular flexibility index (Phi) is 3.69. The summed E-state index contributed by atoms with van der Waals surface area (Å²) in [6.45, 7) is 2.06. The lowest BCUT2D eigenvalue weighted by Gasteiger charge is -2.36. The summed E-state index contributed by atoms with van der Waals surface area (Å²) in [5, 5.41) is 5.22. The van der Waals surface area contributed by atoms with Crippen LogP contribution in [0.2, 0.25) is 10.0 Å². The van der Waals surface area contributed by atoms with E-state index >= 15 is 0 Å². The Labute approximate surface area is 118 Å². The molecule has 1 aliphatic carbocycles. The fourth-order valence-corrected chi connectivity index (χ4v) is 3.33. The van der Waals surface area contributed by atoms with Gasteiger partial charge in [-0.2, -0.15) is 0 Å². The maximum Gasteiger partial charge on any atom is 0.0745 e. The van der Waals surface area contributed by atoms with E-state index in [1.54, 1.807) is 0 Å². The highest BCUT2D eigenvalue weighted by molar-refractivity contribution is 6.39. The summed E-state index contributed by atoms with van der Waals surface area (Å²) >= 11 is 12.6. The molecule has 0 bridgehead atoms. The van der Waals surface area contributed by atoms with Crippen molar-refractivity contribution in [2.24, 2.45) is 0 Å². The highest BCUT2D eigenvalue weighted by atomic mass is 35.5. The molecule has 98 valence electrons. The molecule has 4 heteroatoms. The van der Waals surface area contributed by atoms with E-state index in [9.17, 15) is 0 Å². The summed E-state index contributed by atoms with van der Waals surface area (Å²) in [5.41, 5.74) is 1.00. The van der Waals surface area contributed by atoms with Gasteiger partial charge in [-0.15, -0.1) is 0 Å². The molecule has 1 atom stereocenters. The molecule has 1 N–H and O–H groups in total. The van der Waals surface area contributed by atoms with Gasteiger partial charge in [-0.1, -0.05) is 29.3 Å². The lowest BCUT2D eigenvalue weighted by atomic mass is 10.0. The summed E-state index contributed by atoms with van der Waals surface area (Å²) < 4.78 is 0. The van der Waals surface area contributed by atoms with Gasteiger partial charge in [-0.05, 0) is 37.8 Å². The topological polar surface area (TPSA) is 15.3 Å². The smallest absolute Gasteiger partial charge is 0.0745 e. The monoisotopic (exact) mass is 284 g/mol. The van der Waals surface area contributed by atoms with Gasteiger partial charge in [0.25, 0.3) is 0 Å². The maximum absolute atomic E-state index is 6.28. The van der Waals surface area contributed by atoms with Crippen molar-refractivity contribution in [1.29, 1.82) is 0 Å². The number of para-hydroxylation sites is 1. The van der Waals surface area contributed by atoms with Crippen molar-refractivity contribution in [2.75, 3.05) is 18.0 Å². The molecule has 1 heterocycles. The second kappa shape index (κ2) is 5.28. The number of nitrogens with one attached hydrogen (secondary N) is 1. The summed E-state index contributed by atoms with van der Waals surface area (Å²) in [6, 6.07) is 7.08. The Morgan fingerprint density at radius 2 is 1.78 bits per heavy atom. The van der Waals surface area contributed by atoms with E-state index in [1.807, 2.05) is 18.2 Å². The van der Waals surface area contributed by atoms with Crippen molar-refractivity contribution in [3.05, 3.63) is 28.2 Å². The van der Waals surface area contributed by atoms with Gasteiger partial charge in [0.05, 0.1) is 15.7 Å². The van der Waals surface area contributed by atoms with Gasteiger partial charge in [0, 0.05) is 25.2 Å². The van der Waals surface area contributed by atoms with Gasteiger partial charge in [0.1, 0.15) is 0 Å². The third-order valence-corrected chi connectivity index (χ3v) is 4.33. The second-order valence-electron chi connectivity index (χ2n) is 5.30. The van der Waals surface area contributed by atoms with E-state index in [0.29, 0.717) is 6.04 Å². The van der Waals surface area contributed by atoms with Crippen molar-refractivity contribution in [2.45, 2.75) is 37.8 Å². The van der Waals surface area contributed by atoms with Crippen LogP contribution in [0.1, 0.15) is 25.7 Å². The van der Waals surface area contributed by atoms with E-state index in [1.165, 1.54) is 25.7 Å². The van der Waals surface area contributed by atoms with Crippen LogP contribution >= 0.6 is 23.2 Å². The lowest BCUT2D eigenvalue weighted by molar-refractivity contribution is 0.420. The van der Waals surface area contributed by atoms with E-state index in [-0.39, 0.29) is 0 Å². The van der Waals surface area contributed by atoms with Gasteiger partial charge in [-0.3, -0.25) is 0 Å². The summed E-state index contributed by atoms with van der Waals surface area (Å²) in [4.78, 5) is 2.33. The highest BCUT2D eigenvalue weighted by Gasteiger charge is 2.28.